The highest BCUT2D eigenvalue weighted by Crippen LogP contribution is 2.33. The van der Waals surface area contributed by atoms with Crippen LogP contribution in [0.2, 0.25) is 0 Å². The standard InChI is InChI=1S/C19H16N6/c20-19-24-8-14(9-25-19)13-6-15-16(10-23-18(15)22-7-13)11-1-2-17-12(5-11)3-4-21-17/h1-2,5-10,21H,3-4H2,(H,22,23)(H2,20,24,25). The van der Waals surface area contributed by atoms with Gasteiger partial charge in [-0.25, -0.2) is 15.0 Å². The van der Waals surface area contributed by atoms with E-state index in [1.807, 2.05) is 12.4 Å². The summed E-state index contributed by atoms with van der Waals surface area (Å²) >= 11 is 0. The van der Waals surface area contributed by atoms with Gasteiger partial charge in [0.15, 0.2) is 0 Å². The molecule has 4 heterocycles. The minimum absolute atomic E-state index is 0.270. The van der Waals surface area contributed by atoms with Crippen LogP contribution in [-0.2, 0) is 6.42 Å². The quantitative estimate of drug-likeness (QED) is 0.525. The van der Waals surface area contributed by atoms with E-state index in [1.165, 1.54) is 16.8 Å². The van der Waals surface area contributed by atoms with Crippen molar-refractivity contribution in [2.24, 2.45) is 0 Å². The van der Waals surface area contributed by atoms with Crippen LogP contribution in [0.4, 0.5) is 11.6 Å². The highest BCUT2D eigenvalue weighted by molar-refractivity contribution is 5.96. The summed E-state index contributed by atoms with van der Waals surface area (Å²) in [4.78, 5) is 15.9. The van der Waals surface area contributed by atoms with Crippen molar-refractivity contribution in [2.75, 3.05) is 17.6 Å². The molecule has 0 aliphatic carbocycles. The van der Waals surface area contributed by atoms with Crippen LogP contribution < -0.4 is 11.1 Å². The Bertz CT molecular complexity index is 1080. The Kier molecular flexibility index (Phi) is 2.97. The zero-order chi connectivity index (χ0) is 16.8. The first kappa shape index (κ1) is 14.0. The molecule has 1 aromatic carbocycles. The van der Waals surface area contributed by atoms with Gasteiger partial charge in [-0.15, -0.1) is 0 Å². The highest BCUT2D eigenvalue weighted by atomic mass is 15.0. The van der Waals surface area contributed by atoms with Crippen molar-refractivity contribution in [3.05, 3.63) is 54.6 Å². The molecule has 122 valence electrons. The maximum atomic E-state index is 5.58. The average molecular weight is 328 g/mol. The molecule has 0 atom stereocenters. The van der Waals surface area contributed by atoms with Gasteiger partial charge in [-0.1, -0.05) is 6.07 Å². The number of nitrogens with one attached hydrogen (secondary N) is 2. The first-order chi connectivity index (χ1) is 12.3. The van der Waals surface area contributed by atoms with E-state index in [1.54, 1.807) is 12.4 Å². The molecule has 4 aromatic rings. The van der Waals surface area contributed by atoms with Crippen molar-refractivity contribution in [3.63, 3.8) is 0 Å². The van der Waals surface area contributed by atoms with Gasteiger partial charge in [-0.2, -0.15) is 0 Å². The SMILES string of the molecule is Nc1ncc(-c2cnc3[nH]cc(-c4ccc5c(c4)CCN5)c3c2)cn1. The van der Waals surface area contributed by atoms with E-state index in [0.717, 1.165) is 40.7 Å². The zero-order valence-electron chi connectivity index (χ0n) is 13.5. The lowest BCUT2D eigenvalue weighted by molar-refractivity contribution is 1.11. The number of nitrogens with zero attached hydrogens (tertiary/aromatic N) is 3. The normalized spacial score (nSPS) is 13.0. The van der Waals surface area contributed by atoms with E-state index in [4.69, 9.17) is 5.73 Å². The van der Waals surface area contributed by atoms with Gasteiger partial charge in [0.25, 0.3) is 0 Å². The summed E-state index contributed by atoms with van der Waals surface area (Å²) in [6, 6.07) is 8.69. The maximum Gasteiger partial charge on any atom is 0.219 e. The van der Waals surface area contributed by atoms with Crippen molar-refractivity contribution >= 4 is 22.7 Å². The monoisotopic (exact) mass is 328 g/mol. The first-order valence-corrected chi connectivity index (χ1v) is 8.20. The fourth-order valence-corrected chi connectivity index (χ4v) is 3.36. The molecule has 6 nitrogen and oxygen atoms in total. The fraction of sp³-hybridized carbons (Fsp3) is 0.105. The van der Waals surface area contributed by atoms with Crippen molar-refractivity contribution in [2.45, 2.75) is 6.42 Å². The number of benzene rings is 1. The number of aromatic nitrogens is 4. The van der Waals surface area contributed by atoms with E-state index in [9.17, 15) is 0 Å². The molecular weight excluding hydrogens is 312 g/mol. The zero-order valence-corrected chi connectivity index (χ0v) is 13.5. The smallest absolute Gasteiger partial charge is 0.219 e. The van der Waals surface area contributed by atoms with E-state index in [0.29, 0.717) is 0 Å². The average Bonchev–Trinajstić information content (AvgIpc) is 3.27. The molecule has 25 heavy (non-hydrogen) atoms. The largest absolute Gasteiger partial charge is 0.384 e. The molecule has 1 aliphatic rings. The summed E-state index contributed by atoms with van der Waals surface area (Å²) in [6.45, 7) is 1.01. The lowest BCUT2D eigenvalue weighted by Gasteiger charge is -2.05. The Labute approximate surface area is 144 Å². The van der Waals surface area contributed by atoms with Crippen LogP contribution in [0.3, 0.4) is 0 Å². The molecule has 0 saturated carbocycles. The molecule has 5 rings (SSSR count). The number of fused-ring (bicyclic) bond motifs is 2. The predicted octanol–water partition coefficient (Wildman–Crippen LogP) is 3.24. The van der Waals surface area contributed by atoms with E-state index < -0.39 is 0 Å². The number of aromatic amines is 1. The van der Waals surface area contributed by atoms with Crippen LogP contribution in [0, 0.1) is 0 Å². The van der Waals surface area contributed by atoms with Crippen molar-refractivity contribution in [3.8, 4) is 22.3 Å². The molecule has 6 heteroatoms. The van der Waals surface area contributed by atoms with Gasteiger partial charge in [0.05, 0.1) is 0 Å². The number of anilines is 2. The number of hydrogen-bond donors (Lipinski definition) is 3. The predicted molar refractivity (Wildman–Crippen MR) is 99.2 cm³/mol. The van der Waals surface area contributed by atoms with Gasteiger partial charge in [0, 0.05) is 59.1 Å². The third-order valence-electron chi connectivity index (χ3n) is 4.66. The lowest BCUT2D eigenvalue weighted by Crippen LogP contribution is -1.93. The lowest BCUT2D eigenvalue weighted by atomic mass is 10.0. The van der Waals surface area contributed by atoms with Crippen LogP contribution in [0.5, 0.6) is 0 Å². The van der Waals surface area contributed by atoms with Crippen LogP contribution in [0.1, 0.15) is 5.56 Å². The second-order valence-corrected chi connectivity index (χ2v) is 6.20. The maximum absolute atomic E-state index is 5.58. The van der Waals surface area contributed by atoms with Gasteiger partial charge in [-0.05, 0) is 35.7 Å². The molecule has 3 aromatic heterocycles. The van der Waals surface area contributed by atoms with Crippen LogP contribution in [-0.4, -0.2) is 26.5 Å². The Morgan fingerprint density at radius 2 is 1.76 bits per heavy atom. The molecular formula is C19H16N6. The molecule has 0 saturated heterocycles. The van der Waals surface area contributed by atoms with Crippen molar-refractivity contribution < 1.29 is 0 Å². The van der Waals surface area contributed by atoms with Crippen LogP contribution in [0.25, 0.3) is 33.3 Å². The molecule has 0 spiro atoms. The highest BCUT2D eigenvalue weighted by Gasteiger charge is 2.14. The summed E-state index contributed by atoms with van der Waals surface area (Å²) in [6.07, 6.45) is 8.35. The van der Waals surface area contributed by atoms with Gasteiger partial charge in [0.2, 0.25) is 5.95 Å². The van der Waals surface area contributed by atoms with E-state index in [-0.39, 0.29) is 5.95 Å². The van der Waals surface area contributed by atoms with Gasteiger partial charge >= 0.3 is 0 Å². The van der Waals surface area contributed by atoms with Crippen LogP contribution >= 0.6 is 0 Å². The van der Waals surface area contributed by atoms with Crippen LogP contribution in [0.15, 0.2) is 49.1 Å². The molecule has 0 fully saturated rings. The Balaban J connectivity index is 1.64. The second kappa shape index (κ2) is 5.31. The van der Waals surface area contributed by atoms with E-state index >= 15 is 0 Å². The topological polar surface area (TPSA) is 92.5 Å². The molecule has 0 radical (unpaired) electrons. The van der Waals surface area contributed by atoms with Crippen molar-refractivity contribution in [1.82, 2.24) is 19.9 Å². The third kappa shape index (κ3) is 2.30. The molecule has 0 amide bonds. The minimum Gasteiger partial charge on any atom is -0.384 e. The van der Waals surface area contributed by atoms with Gasteiger partial charge < -0.3 is 16.0 Å². The summed E-state index contributed by atoms with van der Waals surface area (Å²) in [5.74, 6) is 0.270. The van der Waals surface area contributed by atoms with Gasteiger partial charge in [-0.3, -0.25) is 0 Å². The number of pyridine rings is 1. The number of nitrogen functional groups attached to an aromatic ring is 1. The number of nitrogens with two attached hydrogens (primary N) is 1. The Morgan fingerprint density at radius 1 is 0.920 bits per heavy atom. The Morgan fingerprint density at radius 3 is 2.64 bits per heavy atom. The fourth-order valence-electron chi connectivity index (χ4n) is 3.36. The molecule has 1 aliphatic heterocycles. The number of rotatable bonds is 2. The molecule has 0 unspecified atom stereocenters. The molecule has 0 bridgehead atoms. The third-order valence-corrected chi connectivity index (χ3v) is 4.66. The Hall–Kier alpha value is -3.41. The first-order valence-electron chi connectivity index (χ1n) is 8.20. The summed E-state index contributed by atoms with van der Waals surface area (Å²) in [7, 11) is 0. The second-order valence-electron chi connectivity index (χ2n) is 6.20. The molecule has 4 N–H and O–H groups in total. The summed E-state index contributed by atoms with van der Waals surface area (Å²) < 4.78 is 0. The minimum atomic E-state index is 0.270. The van der Waals surface area contributed by atoms with E-state index in [2.05, 4.69) is 49.5 Å². The summed E-state index contributed by atoms with van der Waals surface area (Å²) in [5.41, 5.74) is 13.3. The van der Waals surface area contributed by atoms with Gasteiger partial charge in [0.1, 0.15) is 5.65 Å². The van der Waals surface area contributed by atoms with Crippen molar-refractivity contribution in [1.29, 1.82) is 0 Å². The summed E-state index contributed by atoms with van der Waals surface area (Å²) in [5, 5.41) is 4.48. The number of hydrogen-bond acceptors (Lipinski definition) is 5. The number of H-pyrrole nitrogens is 1.